The summed E-state index contributed by atoms with van der Waals surface area (Å²) in [4.78, 5) is 38.6. The topological polar surface area (TPSA) is 108 Å². The van der Waals surface area contributed by atoms with Gasteiger partial charge in [-0.3, -0.25) is 9.48 Å². The van der Waals surface area contributed by atoms with Crippen molar-refractivity contribution in [2.24, 2.45) is 7.05 Å². The minimum atomic E-state index is -1.67. The molecular weight excluding hydrogens is 499 g/mol. The van der Waals surface area contributed by atoms with Crippen LogP contribution in [0.25, 0.3) is 0 Å². The quantitative estimate of drug-likeness (QED) is 0.354. The first-order valence-electron chi connectivity index (χ1n) is 12.6. The summed E-state index contributed by atoms with van der Waals surface area (Å²) < 4.78 is 15.2. The van der Waals surface area contributed by atoms with Crippen molar-refractivity contribution in [1.29, 1.82) is 0 Å². The first kappa shape index (κ1) is 25.8. The summed E-state index contributed by atoms with van der Waals surface area (Å²) in [5.41, 5.74) is 4.17. The number of nitrogens with one attached hydrogen (secondary N) is 2. The van der Waals surface area contributed by atoms with Crippen LogP contribution in [-0.2, 0) is 24.8 Å². The van der Waals surface area contributed by atoms with E-state index in [1.807, 2.05) is 50.5 Å². The normalized spacial score (nSPS) is 14.0. The average molecular weight is 529 g/mol. The molecule has 2 N–H and O–H groups in total. The molecule has 1 unspecified atom stereocenters. The molecule has 200 valence electrons. The Kier molecular flexibility index (Phi) is 7.22. The molecule has 5 rings (SSSR count). The lowest BCUT2D eigenvalue weighted by molar-refractivity contribution is -0.120. The Balaban J connectivity index is 1.55. The van der Waals surface area contributed by atoms with Crippen LogP contribution >= 0.6 is 0 Å². The predicted molar refractivity (Wildman–Crippen MR) is 147 cm³/mol. The minimum Gasteiger partial charge on any atom is -0.323 e. The molecule has 0 radical (unpaired) electrons. The molecule has 0 fully saturated rings. The minimum absolute atomic E-state index is 0.276. The highest BCUT2D eigenvalue weighted by molar-refractivity contribution is 6.01. The molecular formula is C28H29FN8O2. The van der Waals surface area contributed by atoms with Gasteiger partial charge in [0.25, 0.3) is 5.91 Å². The van der Waals surface area contributed by atoms with Gasteiger partial charge in [0, 0.05) is 43.8 Å². The Morgan fingerprint density at radius 2 is 1.95 bits per heavy atom. The number of benzene rings is 2. The second-order valence-corrected chi connectivity index (χ2v) is 9.40. The van der Waals surface area contributed by atoms with E-state index in [0.29, 0.717) is 42.7 Å². The monoisotopic (exact) mass is 528 g/mol. The summed E-state index contributed by atoms with van der Waals surface area (Å²) in [5, 5.41) is 10.1. The van der Waals surface area contributed by atoms with Crippen molar-refractivity contribution in [3.05, 3.63) is 83.8 Å². The second-order valence-electron chi connectivity index (χ2n) is 9.40. The third kappa shape index (κ3) is 5.71. The van der Waals surface area contributed by atoms with Crippen LogP contribution in [0.15, 0.2) is 67.0 Å². The Morgan fingerprint density at radius 1 is 1.15 bits per heavy atom. The maximum atomic E-state index is 14.1. The fourth-order valence-electron chi connectivity index (χ4n) is 4.40. The fraction of sp³-hybridized carbons (Fsp3) is 0.250. The number of nitrogens with zero attached hydrogens (tertiary/aromatic N) is 6. The van der Waals surface area contributed by atoms with Crippen molar-refractivity contribution in [1.82, 2.24) is 24.6 Å². The highest BCUT2D eigenvalue weighted by Crippen LogP contribution is 2.34. The van der Waals surface area contributed by atoms with Gasteiger partial charge >= 0.3 is 6.03 Å². The van der Waals surface area contributed by atoms with Gasteiger partial charge in [-0.25, -0.2) is 19.1 Å². The van der Waals surface area contributed by atoms with Gasteiger partial charge in [-0.2, -0.15) is 10.1 Å². The first-order valence-corrected chi connectivity index (χ1v) is 12.6. The summed E-state index contributed by atoms with van der Waals surface area (Å²) in [6, 6.07) is 16.2. The molecule has 2 aromatic carbocycles. The van der Waals surface area contributed by atoms with E-state index >= 15 is 0 Å². The van der Waals surface area contributed by atoms with E-state index in [2.05, 4.69) is 20.7 Å². The van der Waals surface area contributed by atoms with Gasteiger partial charge in [0.05, 0.1) is 17.1 Å². The van der Waals surface area contributed by atoms with Crippen molar-refractivity contribution in [2.45, 2.75) is 33.0 Å². The first-order chi connectivity index (χ1) is 18.8. The van der Waals surface area contributed by atoms with E-state index in [-0.39, 0.29) is 6.03 Å². The zero-order valence-electron chi connectivity index (χ0n) is 21.9. The molecule has 1 atom stereocenters. The summed E-state index contributed by atoms with van der Waals surface area (Å²) in [7, 11) is 1.83. The number of urea groups is 1. The molecule has 11 heteroatoms. The van der Waals surface area contributed by atoms with Crippen LogP contribution in [0.2, 0.25) is 0 Å². The van der Waals surface area contributed by atoms with Gasteiger partial charge < -0.3 is 15.5 Å². The molecule has 0 bridgehead atoms. The van der Waals surface area contributed by atoms with Gasteiger partial charge in [-0.05, 0) is 44.0 Å². The molecule has 1 aliphatic heterocycles. The van der Waals surface area contributed by atoms with Crippen LogP contribution in [0.3, 0.4) is 0 Å². The zero-order valence-corrected chi connectivity index (χ0v) is 21.9. The van der Waals surface area contributed by atoms with Crippen LogP contribution < -0.4 is 15.5 Å². The molecule has 0 aliphatic carbocycles. The van der Waals surface area contributed by atoms with Gasteiger partial charge in [0.15, 0.2) is 6.17 Å². The summed E-state index contributed by atoms with van der Waals surface area (Å²) >= 11 is 0. The van der Waals surface area contributed by atoms with E-state index in [9.17, 15) is 14.0 Å². The summed E-state index contributed by atoms with van der Waals surface area (Å²) in [6.45, 7) is 3.92. The number of carbonyl (C=O) groups is 2. The van der Waals surface area contributed by atoms with Crippen LogP contribution in [0, 0.1) is 6.92 Å². The molecule has 10 nitrogen and oxygen atoms in total. The summed E-state index contributed by atoms with van der Waals surface area (Å²) in [6.07, 6.45) is 2.42. The van der Waals surface area contributed by atoms with Gasteiger partial charge in [0.1, 0.15) is 5.82 Å². The number of anilines is 5. The number of amides is 3. The second kappa shape index (κ2) is 10.9. The van der Waals surface area contributed by atoms with Gasteiger partial charge in [-0.1, -0.05) is 36.4 Å². The number of hydrogen-bond acceptors (Lipinski definition) is 6. The Morgan fingerprint density at radius 3 is 2.67 bits per heavy atom. The Bertz CT molecular complexity index is 1500. The van der Waals surface area contributed by atoms with E-state index < -0.39 is 12.1 Å². The molecule has 0 spiro atoms. The predicted octanol–water partition coefficient (Wildman–Crippen LogP) is 4.88. The molecule has 0 saturated heterocycles. The number of aryl methyl sites for hydroxylation is 2. The Hall–Kier alpha value is -4.80. The maximum Gasteiger partial charge on any atom is 0.330 e. The number of hydrogen-bond donors (Lipinski definition) is 2. The highest BCUT2D eigenvalue weighted by Gasteiger charge is 2.31. The number of rotatable bonds is 7. The zero-order chi connectivity index (χ0) is 27.5. The van der Waals surface area contributed by atoms with Crippen LogP contribution in [0.1, 0.15) is 23.7 Å². The number of aromatic nitrogens is 4. The number of alkyl halides is 1. The molecule has 1 aliphatic rings. The van der Waals surface area contributed by atoms with Crippen LogP contribution in [-0.4, -0.2) is 49.3 Å². The van der Waals surface area contributed by atoms with Gasteiger partial charge in [-0.15, -0.1) is 0 Å². The molecule has 4 aromatic rings. The number of fused-ring (bicyclic) bond motifs is 1. The third-order valence-corrected chi connectivity index (χ3v) is 6.38. The molecule has 39 heavy (non-hydrogen) atoms. The lowest BCUT2D eigenvalue weighted by Crippen LogP contribution is -2.40. The average Bonchev–Trinajstić information content (AvgIpc) is 3.16. The van der Waals surface area contributed by atoms with E-state index in [4.69, 9.17) is 4.98 Å². The molecule has 2 aromatic heterocycles. The summed E-state index contributed by atoms with van der Waals surface area (Å²) in [5.74, 6) is -0.0205. The SMILES string of the molecule is Cc1nn(C)cc1Nc1ncc2c(n1)N(c1cccc(NC(=O)C(C)F)c1)C(=O)N(Cc1ccccc1)CC2. The molecule has 3 heterocycles. The molecule has 3 amide bonds. The van der Waals surface area contributed by atoms with E-state index in [1.165, 1.54) is 11.8 Å². The Labute approximate surface area is 225 Å². The standard InChI is InChI=1S/C28H29FN8O2/c1-18(29)26(38)31-22-10-7-11-23(14-22)37-25-21(12-13-36(28(37)39)16-20-8-5-4-6-9-20)15-30-27(33-25)32-24-17-35(3)34-19(24)2/h4-11,14-15,17-18H,12-13,16H2,1-3H3,(H,31,38)(H,30,32,33). The number of halogens is 1. The van der Waals surface area contributed by atoms with E-state index in [0.717, 1.165) is 22.5 Å². The van der Waals surface area contributed by atoms with Crippen LogP contribution in [0.5, 0.6) is 0 Å². The largest absolute Gasteiger partial charge is 0.330 e. The smallest absolute Gasteiger partial charge is 0.323 e. The van der Waals surface area contributed by atoms with Crippen molar-refractivity contribution >= 4 is 40.8 Å². The maximum absolute atomic E-state index is 14.1. The van der Waals surface area contributed by atoms with Crippen molar-refractivity contribution < 1.29 is 14.0 Å². The van der Waals surface area contributed by atoms with Crippen LogP contribution in [0.4, 0.5) is 38.0 Å². The van der Waals surface area contributed by atoms with Gasteiger partial charge in [0.2, 0.25) is 5.95 Å². The van der Waals surface area contributed by atoms with Crippen molar-refractivity contribution in [3.8, 4) is 0 Å². The van der Waals surface area contributed by atoms with Crippen molar-refractivity contribution in [2.75, 3.05) is 22.1 Å². The lowest BCUT2D eigenvalue weighted by atomic mass is 10.2. The molecule has 0 saturated carbocycles. The number of carbonyl (C=O) groups excluding carboxylic acids is 2. The fourth-order valence-corrected chi connectivity index (χ4v) is 4.40. The lowest BCUT2D eigenvalue weighted by Gasteiger charge is -2.28. The van der Waals surface area contributed by atoms with Crippen molar-refractivity contribution in [3.63, 3.8) is 0 Å². The van der Waals surface area contributed by atoms with E-state index in [1.54, 1.807) is 40.0 Å². The third-order valence-electron chi connectivity index (χ3n) is 6.38. The highest BCUT2D eigenvalue weighted by atomic mass is 19.1.